The molecule has 3 aromatic rings. The van der Waals surface area contributed by atoms with Crippen LogP contribution < -0.4 is 15.4 Å². The molecule has 3 aromatic heterocycles. The first-order chi connectivity index (χ1) is 14.6. The third kappa shape index (κ3) is 5.37. The summed E-state index contributed by atoms with van der Waals surface area (Å²) in [5, 5.41) is 10.1. The lowest BCUT2D eigenvalue weighted by Gasteiger charge is -2.14. The molecule has 0 aromatic carbocycles. The van der Waals surface area contributed by atoms with E-state index in [0.717, 1.165) is 11.9 Å². The van der Waals surface area contributed by atoms with Crippen molar-refractivity contribution in [2.45, 2.75) is 25.8 Å². The fourth-order valence-corrected chi connectivity index (χ4v) is 3.42. The molecule has 0 aliphatic rings. The van der Waals surface area contributed by atoms with E-state index in [1.54, 1.807) is 29.9 Å². The first-order valence-electron chi connectivity index (χ1n) is 9.47. The highest BCUT2D eigenvalue weighted by Crippen LogP contribution is 2.32. The largest absolute Gasteiger partial charge is 0.494 e. The number of hydrogen-bond donors (Lipinski definition) is 2. The van der Waals surface area contributed by atoms with E-state index in [1.807, 2.05) is 20.0 Å². The normalized spacial score (nSPS) is 11.3. The summed E-state index contributed by atoms with van der Waals surface area (Å²) in [7, 11) is -1.73. The van der Waals surface area contributed by atoms with Crippen molar-refractivity contribution in [1.29, 1.82) is 0 Å². The van der Waals surface area contributed by atoms with Gasteiger partial charge in [0.25, 0.3) is 0 Å². The Morgan fingerprint density at radius 1 is 1.19 bits per heavy atom. The van der Waals surface area contributed by atoms with E-state index in [9.17, 15) is 13.2 Å². The number of rotatable bonds is 7. The molecule has 0 fully saturated rings. The van der Waals surface area contributed by atoms with E-state index < -0.39 is 9.84 Å². The van der Waals surface area contributed by atoms with E-state index >= 15 is 0 Å². The molecule has 0 saturated carbocycles. The number of amides is 1. The van der Waals surface area contributed by atoms with Gasteiger partial charge >= 0.3 is 0 Å². The van der Waals surface area contributed by atoms with Gasteiger partial charge in [-0.05, 0) is 19.9 Å². The number of pyridine rings is 2. The maximum atomic E-state index is 12.1. The minimum atomic E-state index is -3.56. The number of sulfone groups is 1. The van der Waals surface area contributed by atoms with Gasteiger partial charge in [0.2, 0.25) is 5.91 Å². The van der Waals surface area contributed by atoms with Crippen LogP contribution in [-0.4, -0.2) is 46.9 Å². The zero-order valence-corrected chi connectivity index (χ0v) is 18.7. The van der Waals surface area contributed by atoms with Gasteiger partial charge in [0.1, 0.15) is 17.4 Å². The Bertz CT molecular complexity index is 1220. The van der Waals surface area contributed by atoms with Crippen LogP contribution >= 0.6 is 0 Å². The van der Waals surface area contributed by atoms with Gasteiger partial charge in [0.05, 0.1) is 18.0 Å². The summed E-state index contributed by atoms with van der Waals surface area (Å²) in [6, 6.07) is 6.51. The number of carbonyl (C=O) groups excluding carboxylic acids is 1. The molecule has 10 nitrogen and oxygen atoms in total. The van der Waals surface area contributed by atoms with Crippen molar-refractivity contribution in [3.8, 4) is 17.0 Å². The topological polar surface area (TPSA) is 128 Å². The van der Waals surface area contributed by atoms with Crippen molar-refractivity contribution < 1.29 is 17.9 Å². The fraction of sp³-hybridized carbons (Fsp3) is 0.300. The van der Waals surface area contributed by atoms with E-state index in [-0.39, 0.29) is 16.8 Å². The Morgan fingerprint density at radius 2 is 1.94 bits per heavy atom. The summed E-state index contributed by atoms with van der Waals surface area (Å²) in [6.45, 7) is 5.48. The molecule has 0 spiro atoms. The van der Waals surface area contributed by atoms with Crippen LogP contribution in [0.15, 0.2) is 35.5 Å². The summed E-state index contributed by atoms with van der Waals surface area (Å²) in [4.78, 5) is 20.0. The number of carbonyl (C=O) groups is 1. The average molecular weight is 445 g/mol. The molecule has 164 valence electrons. The highest BCUT2D eigenvalue weighted by atomic mass is 32.2. The first kappa shape index (κ1) is 22.2. The van der Waals surface area contributed by atoms with Crippen molar-refractivity contribution in [3.63, 3.8) is 0 Å². The van der Waals surface area contributed by atoms with E-state index in [0.29, 0.717) is 35.1 Å². The molecule has 2 N–H and O–H groups in total. The highest BCUT2D eigenvalue weighted by Gasteiger charge is 2.16. The van der Waals surface area contributed by atoms with E-state index in [2.05, 4.69) is 25.7 Å². The van der Waals surface area contributed by atoms with Crippen molar-refractivity contribution in [2.24, 2.45) is 7.05 Å². The minimum absolute atomic E-state index is 0.118. The lowest BCUT2D eigenvalue weighted by molar-refractivity contribution is -0.114. The third-order valence-electron chi connectivity index (χ3n) is 4.33. The second kappa shape index (κ2) is 8.72. The number of nitrogens with one attached hydrogen (secondary N) is 2. The smallest absolute Gasteiger partial charge is 0.222 e. The van der Waals surface area contributed by atoms with Crippen LogP contribution in [-0.2, 0) is 21.7 Å². The molecular formula is C20H24N6O4S. The molecule has 0 saturated heterocycles. The maximum Gasteiger partial charge on any atom is 0.222 e. The second-order valence-corrected chi connectivity index (χ2v) is 8.91. The van der Waals surface area contributed by atoms with Crippen LogP contribution in [0.5, 0.6) is 5.75 Å². The number of ether oxygens (including phenoxy) is 1. The van der Waals surface area contributed by atoms with Crippen LogP contribution in [0.2, 0.25) is 0 Å². The van der Waals surface area contributed by atoms with Crippen LogP contribution in [0.4, 0.5) is 17.3 Å². The summed E-state index contributed by atoms with van der Waals surface area (Å²) in [6.07, 6.45) is 2.66. The number of anilines is 3. The quantitative estimate of drug-likeness (QED) is 0.569. The average Bonchev–Trinajstić information content (AvgIpc) is 2.99. The van der Waals surface area contributed by atoms with Crippen LogP contribution in [0.3, 0.4) is 0 Å². The molecule has 11 heteroatoms. The Hall–Kier alpha value is -3.47. The summed E-state index contributed by atoms with van der Waals surface area (Å²) in [5.74, 6) is 0.693. The molecule has 31 heavy (non-hydrogen) atoms. The summed E-state index contributed by atoms with van der Waals surface area (Å²) < 4.78 is 31.4. The number of aryl methyl sites for hydroxylation is 2. The van der Waals surface area contributed by atoms with E-state index in [4.69, 9.17) is 4.74 Å². The monoisotopic (exact) mass is 444 g/mol. The zero-order chi connectivity index (χ0) is 22.8. The predicted octanol–water partition coefficient (Wildman–Crippen LogP) is 2.69. The van der Waals surface area contributed by atoms with Crippen molar-refractivity contribution in [3.05, 3.63) is 36.2 Å². The number of aromatic nitrogens is 4. The second-order valence-electron chi connectivity index (χ2n) is 6.95. The zero-order valence-electron chi connectivity index (χ0n) is 17.9. The number of hydrogen-bond acceptors (Lipinski definition) is 8. The molecule has 1 amide bonds. The summed E-state index contributed by atoms with van der Waals surface area (Å²) >= 11 is 0. The Kier molecular flexibility index (Phi) is 6.25. The molecular weight excluding hydrogens is 420 g/mol. The molecule has 0 unspecified atom stereocenters. The van der Waals surface area contributed by atoms with Crippen LogP contribution in [0, 0.1) is 6.92 Å². The molecule has 0 atom stereocenters. The van der Waals surface area contributed by atoms with Gasteiger partial charge in [-0.3, -0.25) is 9.48 Å². The molecule has 3 heterocycles. The van der Waals surface area contributed by atoms with Crippen LogP contribution in [0.1, 0.15) is 19.5 Å². The Labute approximate surface area is 180 Å². The highest BCUT2D eigenvalue weighted by molar-refractivity contribution is 7.90. The predicted molar refractivity (Wildman–Crippen MR) is 117 cm³/mol. The first-order valence-corrected chi connectivity index (χ1v) is 11.4. The van der Waals surface area contributed by atoms with Gasteiger partial charge in [0, 0.05) is 55.9 Å². The van der Waals surface area contributed by atoms with Crippen LogP contribution in [0.25, 0.3) is 11.3 Å². The van der Waals surface area contributed by atoms with Gasteiger partial charge < -0.3 is 15.4 Å². The number of nitrogens with zero attached hydrogens (tertiary/aromatic N) is 4. The lowest BCUT2D eigenvalue weighted by Crippen LogP contribution is -2.09. The minimum Gasteiger partial charge on any atom is -0.494 e. The Morgan fingerprint density at radius 3 is 2.52 bits per heavy atom. The van der Waals surface area contributed by atoms with Gasteiger partial charge in [0.15, 0.2) is 14.9 Å². The van der Waals surface area contributed by atoms with Crippen molar-refractivity contribution in [1.82, 2.24) is 19.7 Å². The molecule has 0 bridgehead atoms. The lowest BCUT2D eigenvalue weighted by atomic mass is 10.1. The molecule has 0 aliphatic heterocycles. The molecule has 0 radical (unpaired) electrons. The fourth-order valence-electron chi connectivity index (χ4n) is 2.83. The van der Waals surface area contributed by atoms with Gasteiger partial charge in [-0.25, -0.2) is 18.4 Å². The van der Waals surface area contributed by atoms with Gasteiger partial charge in [-0.1, -0.05) is 0 Å². The SMILES string of the molecule is CCOc1cc(Nc2cc(NC(C)=O)ncc2-c2cc(C)n(C)n2)nc(S(C)(=O)=O)c1. The Balaban J connectivity index is 2.12. The van der Waals surface area contributed by atoms with Crippen molar-refractivity contribution >= 4 is 33.1 Å². The third-order valence-corrected chi connectivity index (χ3v) is 5.30. The standard InChI is InChI=1S/C20H24N6O4S/c1-6-30-14-8-19(24-20(9-14)31(5,28)29)23-16-10-18(22-13(3)27)21-11-15(16)17-7-12(2)26(4)25-17/h7-11H,6H2,1-5H3,(H2,21,22,23,24,27). The molecule has 3 rings (SSSR count). The maximum absolute atomic E-state index is 12.1. The van der Waals surface area contributed by atoms with Gasteiger partial charge in [-0.2, -0.15) is 5.10 Å². The molecule has 0 aliphatic carbocycles. The van der Waals surface area contributed by atoms with Crippen molar-refractivity contribution in [2.75, 3.05) is 23.5 Å². The summed E-state index contributed by atoms with van der Waals surface area (Å²) in [5.41, 5.74) is 2.80. The van der Waals surface area contributed by atoms with E-state index in [1.165, 1.54) is 13.0 Å². The van der Waals surface area contributed by atoms with Gasteiger partial charge in [-0.15, -0.1) is 0 Å².